The van der Waals surface area contributed by atoms with Crippen LogP contribution in [0.25, 0.3) is 11.1 Å². The molecule has 2 aromatic heterocycles. The summed E-state index contributed by atoms with van der Waals surface area (Å²) in [7, 11) is 1.88. The summed E-state index contributed by atoms with van der Waals surface area (Å²) in [5.74, 6) is 0.384. The van der Waals surface area contributed by atoms with Crippen LogP contribution in [0.3, 0.4) is 0 Å². The molecule has 2 aromatic carbocycles. The number of benzene rings is 2. The van der Waals surface area contributed by atoms with Gasteiger partial charge in [-0.3, -0.25) is 9.48 Å². The number of pyridine rings is 1. The van der Waals surface area contributed by atoms with Gasteiger partial charge in [-0.25, -0.2) is 4.98 Å². The zero-order valence-corrected chi connectivity index (χ0v) is 19.2. The number of carbonyl (C=O) groups is 1. The van der Waals surface area contributed by atoms with E-state index in [9.17, 15) is 4.79 Å². The normalized spacial score (nSPS) is 11.8. The van der Waals surface area contributed by atoms with Crippen LogP contribution in [0.1, 0.15) is 28.3 Å². The molecule has 2 heterocycles. The van der Waals surface area contributed by atoms with Gasteiger partial charge in [0.15, 0.2) is 0 Å². The van der Waals surface area contributed by atoms with Crippen molar-refractivity contribution < 1.29 is 4.79 Å². The maximum absolute atomic E-state index is 13.2. The first-order chi connectivity index (χ1) is 16.0. The Hall–Kier alpha value is -3.77. The van der Waals surface area contributed by atoms with Gasteiger partial charge in [-0.2, -0.15) is 5.10 Å². The highest BCUT2D eigenvalue weighted by molar-refractivity contribution is 5.95. The predicted octanol–water partition coefficient (Wildman–Crippen LogP) is 4.61. The molecule has 0 aliphatic rings. The second kappa shape index (κ2) is 10.2. The van der Waals surface area contributed by atoms with E-state index in [0.717, 1.165) is 28.7 Å². The molecule has 0 saturated carbocycles. The van der Waals surface area contributed by atoms with Crippen molar-refractivity contribution >= 4 is 11.7 Å². The van der Waals surface area contributed by atoms with Crippen LogP contribution in [0.5, 0.6) is 0 Å². The number of aromatic nitrogens is 3. The van der Waals surface area contributed by atoms with E-state index in [4.69, 9.17) is 0 Å². The van der Waals surface area contributed by atoms with Crippen molar-refractivity contribution in [2.24, 2.45) is 7.05 Å². The quantitative estimate of drug-likeness (QED) is 0.421. The minimum Gasteiger partial charge on any atom is -0.309 e. The van der Waals surface area contributed by atoms with Crippen molar-refractivity contribution in [1.82, 2.24) is 20.1 Å². The van der Waals surface area contributed by atoms with Gasteiger partial charge in [-0.1, -0.05) is 59.7 Å². The molecule has 0 saturated heterocycles. The lowest BCUT2D eigenvalue weighted by Crippen LogP contribution is -2.34. The maximum atomic E-state index is 13.2. The van der Waals surface area contributed by atoms with Crippen LogP contribution < -0.4 is 10.6 Å². The first-order valence-corrected chi connectivity index (χ1v) is 11.1. The lowest BCUT2D eigenvalue weighted by atomic mass is 10.0. The molecular formula is C27H29N5O. The molecule has 6 nitrogen and oxygen atoms in total. The number of aryl methyl sites for hydroxylation is 3. The van der Waals surface area contributed by atoms with Crippen LogP contribution >= 0.6 is 0 Å². The number of nitrogens with one attached hydrogen (secondary N) is 2. The van der Waals surface area contributed by atoms with Crippen LogP contribution in [0.2, 0.25) is 0 Å². The Kier molecular flexibility index (Phi) is 6.95. The van der Waals surface area contributed by atoms with E-state index in [1.807, 2.05) is 56.6 Å². The summed E-state index contributed by atoms with van der Waals surface area (Å²) >= 11 is 0. The summed E-state index contributed by atoms with van der Waals surface area (Å²) in [4.78, 5) is 17.7. The van der Waals surface area contributed by atoms with Gasteiger partial charge in [0.2, 0.25) is 5.91 Å². The van der Waals surface area contributed by atoms with Crippen LogP contribution in [-0.2, 0) is 18.3 Å². The number of hydrogen-bond acceptors (Lipinski definition) is 4. The lowest BCUT2D eigenvalue weighted by molar-refractivity contribution is -0.118. The Morgan fingerprint density at radius 3 is 2.21 bits per heavy atom. The van der Waals surface area contributed by atoms with Gasteiger partial charge in [0, 0.05) is 37.1 Å². The Morgan fingerprint density at radius 1 is 0.909 bits per heavy atom. The molecule has 0 aliphatic heterocycles. The van der Waals surface area contributed by atoms with Crippen molar-refractivity contribution in [2.75, 3.05) is 11.9 Å². The molecule has 4 rings (SSSR count). The number of anilines is 1. The third-order valence-electron chi connectivity index (χ3n) is 5.61. The van der Waals surface area contributed by atoms with Gasteiger partial charge < -0.3 is 10.6 Å². The highest BCUT2D eigenvalue weighted by Gasteiger charge is 2.20. The van der Waals surface area contributed by atoms with Gasteiger partial charge in [0.25, 0.3) is 0 Å². The van der Waals surface area contributed by atoms with E-state index in [-0.39, 0.29) is 5.91 Å². The van der Waals surface area contributed by atoms with Crippen LogP contribution in [0, 0.1) is 13.8 Å². The van der Waals surface area contributed by atoms with Gasteiger partial charge in [0.05, 0.1) is 6.20 Å². The molecular weight excluding hydrogens is 410 g/mol. The summed E-state index contributed by atoms with van der Waals surface area (Å²) in [5.41, 5.74) is 6.50. The van der Waals surface area contributed by atoms with Crippen molar-refractivity contribution in [3.05, 3.63) is 102 Å². The smallest absolute Gasteiger partial charge is 0.247 e. The first kappa shape index (κ1) is 22.4. The molecule has 1 atom stereocenters. The average Bonchev–Trinajstić information content (AvgIpc) is 3.25. The molecule has 33 heavy (non-hydrogen) atoms. The Balaban J connectivity index is 1.45. The summed E-state index contributed by atoms with van der Waals surface area (Å²) in [5, 5.41) is 10.6. The summed E-state index contributed by atoms with van der Waals surface area (Å²) in [6.07, 6.45) is 6.31. The Morgan fingerprint density at radius 2 is 1.61 bits per heavy atom. The Labute approximate surface area is 194 Å². The highest BCUT2D eigenvalue weighted by Crippen LogP contribution is 2.20. The molecule has 0 fully saturated rings. The minimum atomic E-state index is -0.476. The van der Waals surface area contributed by atoms with Crippen molar-refractivity contribution in [2.45, 2.75) is 26.3 Å². The second-order valence-corrected chi connectivity index (χ2v) is 8.36. The average molecular weight is 440 g/mol. The summed E-state index contributed by atoms with van der Waals surface area (Å²) < 4.78 is 1.75. The number of nitrogens with zero attached hydrogens (tertiary/aromatic N) is 3. The number of amides is 1. The molecule has 0 bridgehead atoms. The maximum Gasteiger partial charge on any atom is 0.247 e. The van der Waals surface area contributed by atoms with E-state index in [0.29, 0.717) is 12.4 Å². The third kappa shape index (κ3) is 5.93. The standard InChI is InChI=1S/C27H29N5O/c1-19-4-8-21(9-5-19)14-15-28-26(22-10-6-20(2)7-11-22)27(33)31-25-13-12-23(16-29-25)24-17-30-32(3)18-24/h4-13,16-18,26,28H,14-15H2,1-3H3,(H,29,31,33)/t26-/m1/s1. The second-order valence-electron chi connectivity index (χ2n) is 8.36. The van der Waals surface area contributed by atoms with E-state index < -0.39 is 6.04 Å². The van der Waals surface area contributed by atoms with E-state index in [1.165, 1.54) is 11.1 Å². The van der Waals surface area contributed by atoms with E-state index >= 15 is 0 Å². The SMILES string of the molecule is Cc1ccc(CCN[C@@H](C(=O)Nc2ccc(-c3cnn(C)c3)cn2)c2ccc(C)cc2)cc1. The largest absolute Gasteiger partial charge is 0.309 e. The zero-order chi connectivity index (χ0) is 23.2. The van der Waals surface area contributed by atoms with E-state index in [2.05, 4.69) is 51.9 Å². The van der Waals surface area contributed by atoms with Crippen LogP contribution in [-0.4, -0.2) is 27.2 Å². The minimum absolute atomic E-state index is 0.135. The molecule has 6 heteroatoms. The summed E-state index contributed by atoms with van der Waals surface area (Å²) in [6.45, 7) is 4.80. The van der Waals surface area contributed by atoms with Crippen LogP contribution in [0.15, 0.2) is 79.3 Å². The van der Waals surface area contributed by atoms with Gasteiger partial charge in [0.1, 0.15) is 11.9 Å². The molecule has 0 unspecified atom stereocenters. The number of rotatable bonds is 8. The molecule has 0 radical (unpaired) electrons. The van der Waals surface area contributed by atoms with Crippen molar-refractivity contribution in [3.8, 4) is 11.1 Å². The van der Waals surface area contributed by atoms with Gasteiger partial charge in [-0.05, 0) is 43.5 Å². The lowest BCUT2D eigenvalue weighted by Gasteiger charge is -2.19. The molecule has 0 aliphatic carbocycles. The van der Waals surface area contributed by atoms with Gasteiger partial charge in [-0.15, -0.1) is 0 Å². The molecule has 168 valence electrons. The predicted molar refractivity (Wildman–Crippen MR) is 132 cm³/mol. The molecule has 2 N–H and O–H groups in total. The molecule has 1 amide bonds. The van der Waals surface area contributed by atoms with Gasteiger partial charge >= 0.3 is 0 Å². The zero-order valence-electron chi connectivity index (χ0n) is 19.2. The monoisotopic (exact) mass is 439 g/mol. The fourth-order valence-corrected chi connectivity index (χ4v) is 3.64. The fourth-order valence-electron chi connectivity index (χ4n) is 3.64. The first-order valence-electron chi connectivity index (χ1n) is 11.1. The third-order valence-corrected chi connectivity index (χ3v) is 5.61. The van der Waals surface area contributed by atoms with Crippen molar-refractivity contribution in [1.29, 1.82) is 0 Å². The Bertz CT molecular complexity index is 1190. The molecule has 4 aromatic rings. The van der Waals surface area contributed by atoms with Crippen LogP contribution in [0.4, 0.5) is 5.82 Å². The van der Waals surface area contributed by atoms with E-state index in [1.54, 1.807) is 17.1 Å². The number of hydrogen-bond donors (Lipinski definition) is 2. The highest BCUT2D eigenvalue weighted by atomic mass is 16.2. The molecule has 0 spiro atoms. The fraction of sp³-hybridized carbons (Fsp3) is 0.222. The van der Waals surface area contributed by atoms with Crippen molar-refractivity contribution in [3.63, 3.8) is 0 Å². The summed E-state index contributed by atoms with van der Waals surface area (Å²) in [6, 6.07) is 19.8. The topological polar surface area (TPSA) is 71.8 Å². The number of carbonyl (C=O) groups excluding carboxylic acids is 1.